The summed E-state index contributed by atoms with van der Waals surface area (Å²) < 4.78 is 1.10. The quantitative estimate of drug-likeness (QED) is 0.885. The molecule has 0 aliphatic carbocycles. The summed E-state index contributed by atoms with van der Waals surface area (Å²) in [5, 5.41) is 22.0. The van der Waals surface area contributed by atoms with E-state index in [2.05, 4.69) is 0 Å². The van der Waals surface area contributed by atoms with Gasteiger partial charge in [0.15, 0.2) is 0 Å². The summed E-state index contributed by atoms with van der Waals surface area (Å²) in [6, 6.07) is 7.85. The number of fused-ring (bicyclic) bond motifs is 1. The third-order valence-corrected chi connectivity index (χ3v) is 4.92. The van der Waals surface area contributed by atoms with Crippen LogP contribution in [-0.4, -0.2) is 46.8 Å². The van der Waals surface area contributed by atoms with Gasteiger partial charge in [-0.2, -0.15) is 0 Å². The molecular formula is C15H17NO3S. The van der Waals surface area contributed by atoms with Crippen molar-refractivity contribution >= 4 is 27.3 Å². The highest BCUT2D eigenvalue weighted by Crippen LogP contribution is 2.28. The van der Waals surface area contributed by atoms with Crippen molar-refractivity contribution in [2.45, 2.75) is 12.5 Å². The molecule has 0 spiro atoms. The molecule has 0 unspecified atom stereocenters. The molecule has 2 heterocycles. The third-order valence-electron chi connectivity index (χ3n) is 3.95. The fourth-order valence-corrected chi connectivity index (χ4v) is 3.63. The number of aliphatic hydroxyl groups is 2. The average molecular weight is 291 g/mol. The van der Waals surface area contributed by atoms with Crippen LogP contribution in [0, 0.1) is 5.92 Å². The molecule has 4 nitrogen and oxygen atoms in total. The SMILES string of the molecule is O=C(c1csc2ccccc12)N1CC[C@@H](CO)[C@H](O)C1. The molecule has 3 rings (SSSR count). The number of piperidine rings is 1. The molecule has 1 aromatic carbocycles. The first-order valence-corrected chi connectivity index (χ1v) is 7.63. The first kappa shape index (κ1) is 13.5. The number of hydrogen-bond acceptors (Lipinski definition) is 4. The van der Waals surface area contributed by atoms with Crippen LogP contribution in [0.4, 0.5) is 0 Å². The molecule has 0 saturated carbocycles. The zero-order chi connectivity index (χ0) is 14.1. The Balaban J connectivity index is 1.83. The standard InChI is InChI=1S/C15H17NO3S/c17-8-10-5-6-16(7-13(10)18)15(19)12-9-20-14-4-2-1-3-11(12)14/h1-4,9-10,13,17-18H,5-8H2/t10-,13+/m0/s1. The van der Waals surface area contributed by atoms with E-state index in [4.69, 9.17) is 5.11 Å². The molecule has 1 aliphatic rings. The number of amides is 1. The van der Waals surface area contributed by atoms with E-state index in [1.807, 2.05) is 29.6 Å². The number of β-amino-alcohol motifs (C(OH)–C–C–N with tert-alkyl or cyclic N) is 1. The molecule has 1 saturated heterocycles. The number of aliphatic hydroxyl groups excluding tert-OH is 2. The van der Waals surface area contributed by atoms with Crippen molar-refractivity contribution in [3.63, 3.8) is 0 Å². The Bertz CT molecular complexity index is 624. The molecule has 1 aromatic heterocycles. The van der Waals surface area contributed by atoms with Crippen LogP contribution >= 0.6 is 11.3 Å². The van der Waals surface area contributed by atoms with E-state index >= 15 is 0 Å². The summed E-state index contributed by atoms with van der Waals surface area (Å²) in [5.41, 5.74) is 0.709. The van der Waals surface area contributed by atoms with Gasteiger partial charge in [-0.3, -0.25) is 4.79 Å². The maximum Gasteiger partial charge on any atom is 0.255 e. The maximum absolute atomic E-state index is 12.6. The van der Waals surface area contributed by atoms with Crippen molar-refractivity contribution in [2.24, 2.45) is 5.92 Å². The van der Waals surface area contributed by atoms with Gasteiger partial charge in [0.2, 0.25) is 0 Å². The molecule has 1 aliphatic heterocycles. The number of nitrogens with zero attached hydrogens (tertiary/aromatic N) is 1. The highest BCUT2D eigenvalue weighted by Gasteiger charge is 2.30. The molecule has 2 aromatic rings. The zero-order valence-electron chi connectivity index (χ0n) is 11.0. The van der Waals surface area contributed by atoms with Crippen molar-refractivity contribution in [3.05, 3.63) is 35.2 Å². The summed E-state index contributed by atoms with van der Waals surface area (Å²) in [6.07, 6.45) is 0.00784. The van der Waals surface area contributed by atoms with Crippen LogP contribution in [0.25, 0.3) is 10.1 Å². The first-order chi connectivity index (χ1) is 9.70. The minimum Gasteiger partial charge on any atom is -0.396 e. The molecule has 1 fully saturated rings. The highest BCUT2D eigenvalue weighted by molar-refractivity contribution is 7.17. The number of rotatable bonds is 2. The number of likely N-dealkylation sites (tertiary alicyclic amines) is 1. The van der Waals surface area contributed by atoms with Gasteiger partial charge in [-0.05, 0) is 12.5 Å². The summed E-state index contributed by atoms with van der Waals surface area (Å²) in [6.45, 7) is 0.865. The minimum atomic E-state index is -0.636. The maximum atomic E-state index is 12.6. The number of benzene rings is 1. The van der Waals surface area contributed by atoms with Crippen LogP contribution in [0.15, 0.2) is 29.6 Å². The third kappa shape index (κ3) is 2.32. The van der Waals surface area contributed by atoms with Crippen molar-refractivity contribution < 1.29 is 15.0 Å². The van der Waals surface area contributed by atoms with E-state index in [0.29, 0.717) is 25.1 Å². The van der Waals surface area contributed by atoms with Crippen LogP contribution < -0.4 is 0 Å². The van der Waals surface area contributed by atoms with E-state index in [0.717, 1.165) is 10.1 Å². The molecular weight excluding hydrogens is 274 g/mol. The zero-order valence-corrected chi connectivity index (χ0v) is 11.8. The predicted octanol–water partition coefficient (Wildman–Crippen LogP) is 1.72. The van der Waals surface area contributed by atoms with Crippen molar-refractivity contribution in [1.29, 1.82) is 0 Å². The summed E-state index contributed by atoms with van der Waals surface area (Å²) in [5.74, 6) is -0.142. The molecule has 106 valence electrons. The molecule has 0 radical (unpaired) electrons. The van der Waals surface area contributed by atoms with Crippen LogP contribution in [0.2, 0.25) is 0 Å². The van der Waals surface area contributed by atoms with Crippen molar-refractivity contribution in [1.82, 2.24) is 4.90 Å². The second kappa shape index (κ2) is 5.52. The lowest BCUT2D eigenvalue weighted by molar-refractivity contribution is 0.000969. The van der Waals surface area contributed by atoms with Crippen molar-refractivity contribution in [2.75, 3.05) is 19.7 Å². The van der Waals surface area contributed by atoms with E-state index in [-0.39, 0.29) is 18.4 Å². The van der Waals surface area contributed by atoms with Gasteiger partial charge in [-0.25, -0.2) is 0 Å². The fourth-order valence-electron chi connectivity index (χ4n) is 2.69. The van der Waals surface area contributed by atoms with E-state index < -0.39 is 6.10 Å². The van der Waals surface area contributed by atoms with Gasteiger partial charge >= 0.3 is 0 Å². The summed E-state index contributed by atoms with van der Waals surface area (Å²) in [4.78, 5) is 14.3. The molecule has 20 heavy (non-hydrogen) atoms. The summed E-state index contributed by atoms with van der Waals surface area (Å²) in [7, 11) is 0. The Morgan fingerprint density at radius 2 is 2.20 bits per heavy atom. The van der Waals surface area contributed by atoms with Gasteiger partial charge in [0, 0.05) is 41.1 Å². The number of carbonyl (C=O) groups excluding carboxylic acids is 1. The molecule has 2 atom stereocenters. The van der Waals surface area contributed by atoms with Gasteiger partial charge < -0.3 is 15.1 Å². The van der Waals surface area contributed by atoms with E-state index in [9.17, 15) is 9.90 Å². The first-order valence-electron chi connectivity index (χ1n) is 6.75. The smallest absolute Gasteiger partial charge is 0.255 e. The number of thiophene rings is 1. The Hall–Kier alpha value is -1.43. The van der Waals surface area contributed by atoms with E-state index in [1.54, 1.807) is 16.2 Å². The van der Waals surface area contributed by atoms with Crippen LogP contribution in [-0.2, 0) is 0 Å². The Kier molecular flexibility index (Phi) is 3.74. The topological polar surface area (TPSA) is 60.8 Å². The average Bonchev–Trinajstić information content (AvgIpc) is 2.90. The monoisotopic (exact) mass is 291 g/mol. The van der Waals surface area contributed by atoms with Gasteiger partial charge in [0.25, 0.3) is 5.91 Å². The molecule has 0 bridgehead atoms. The predicted molar refractivity (Wildman–Crippen MR) is 78.9 cm³/mol. The van der Waals surface area contributed by atoms with Gasteiger partial charge in [-0.1, -0.05) is 18.2 Å². The van der Waals surface area contributed by atoms with Gasteiger partial charge in [-0.15, -0.1) is 11.3 Å². The minimum absolute atomic E-state index is 0.0232. The number of hydrogen-bond donors (Lipinski definition) is 2. The van der Waals surface area contributed by atoms with Crippen LogP contribution in [0.5, 0.6) is 0 Å². The fraction of sp³-hybridized carbons (Fsp3) is 0.400. The Morgan fingerprint density at radius 1 is 1.40 bits per heavy atom. The largest absolute Gasteiger partial charge is 0.396 e. The Morgan fingerprint density at radius 3 is 2.95 bits per heavy atom. The second-order valence-corrected chi connectivity index (χ2v) is 6.11. The lowest BCUT2D eigenvalue weighted by Crippen LogP contribution is -2.47. The summed E-state index contributed by atoms with van der Waals surface area (Å²) >= 11 is 1.56. The lowest BCUT2D eigenvalue weighted by Gasteiger charge is -2.35. The highest BCUT2D eigenvalue weighted by atomic mass is 32.1. The van der Waals surface area contributed by atoms with Crippen molar-refractivity contribution in [3.8, 4) is 0 Å². The Labute approximate surface area is 121 Å². The molecule has 2 N–H and O–H groups in total. The second-order valence-electron chi connectivity index (χ2n) is 5.20. The molecule has 1 amide bonds. The van der Waals surface area contributed by atoms with Crippen LogP contribution in [0.3, 0.4) is 0 Å². The van der Waals surface area contributed by atoms with Gasteiger partial charge in [0.1, 0.15) is 0 Å². The normalized spacial score (nSPS) is 23.2. The van der Waals surface area contributed by atoms with Gasteiger partial charge in [0.05, 0.1) is 11.7 Å². The van der Waals surface area contributed by atoms with E-state index in [1.165, 1.54) is 0 Å². The lowest BCUT2D eigenvalue weighted by atomic mass is 9.94. The molecule has 5 heteroatoms. The van der Waals surface area contributed by atoms with Crippen LogP contribution in [0.1, 0.15) is 16.8 Å². The number of carbonyl (C=O) groups is 1.